The smallest absolute Gasteiger partial charge is 0.257 e. The number of nitrogens with one attached hydrogen (secondary N) is 2. The number of sulfonamides is 1. The fourth-order valence-corrected chi connectivity index (χ4v) is 2.82. The average Bonchev–Trinajstić information content (AvgIpc) is 2.46. The van der Waals surface area contributed by atoms with Crippen LogP contribution in [0.5, 0.6) is 0 Å². The van der Waals surface area contributed by atoms with Crippen molar-refractivity contribution in [2.75, 3.05) is 16.3 Å². The lowest BCUT2D eigenvalue weighted by atomic mass is 10.1. The first-order valence-electron chi connectivity index (χ1n) is 6.96. The van der Waals surface area contributed by atoms with Gasteiger partial charge in [0.2, 0.25) is 10.0 Å². The van der Waals surface area contributed by atoms with Gasteiger partial charge in [-0.2, -0.15) is 0 Å². The minimum Gasteiger partial charge on any atom is -0.322 e. The summed E-state index contributed by atoms with van der Waals surface area (Å²) in [5.74, 6) is -0.356. The Morgan fingerprint density at radius 1 is 1.09 bits per heavy atom. The highest BCUT2D eigenvalue weighted by atomic mass is 35.5. The molecule has 1 amide bonds. The molecule has 2 aromatic rings. The van der Waals surface area contributed by atoms with Gasteiger partial charge in [-0.05, 0) is 42.3 Å². The summed E-state index contributed by atoms with van der Waals surface area (Å²) >= 11 is 6.07. The Bertz CT molecular complexity index is 818. The maximum absolute atomic E-state index is 12.3. The van der Waals surface area contributed by atoms with E-state index >= 15 is 0 Å². The number of aryl methyl sites for hydroxylation is 1. The van der Waals surface area contributed by atoms with E-state index in [1.165, 1.54) is 23.8 Å². The zero-order valence-corrected chi connectivity index (χ0v) is 14.3. The molecule has 0 spiro atoms. The minimum absolute atomic E-state index is 0.168. The van der Waals surface area contributed by atoms with Crippen LogP contribution in [0.3, 0.4) is 0 Å². The van der Waals surface area contributed by atoms with Gasteiger partial charge in [0.15, 0.2) is 0 Å². The molecular formula is C16H17ClN2O3S. The van der Waals surface area contributed by atoms with Gasteiger partial charge in [0.1, 0.15) is 0 Å². The van der Waals surface area contributed by atoms with Gasteiger partial charge >= 0.3 is 0 Å². The number of anilines is 2. The monoisotopic (exact) mass is 352 g/mol. The summed E-state index contributed by atoms with van der Waals surface area (Å²) in [6, 6.07) is 11.9. The van der Waals surface area contributed by atoms with Crippen LogP contribution in [0.1, 0.15) is 22.8 Å². The van der Waals surface area contributed by atoms with Crippen LogP contribution in [0.4, 0.5) is 11.4 Å². The first-order chi connectivity index (χ1) is 10.8. The predicted octanol–water partition coefficient (Wildman–Crippen LogP) is 3.53. The number of amides is 1. The third-order valence-corrected chi connectivity index (χ3v) is 4.06. The number of carbonyl (C=O) groups is 1. The van der Waals surface area contributed by atoms with Crippen LogP contribution >= 0.6 is 11.6 Å². The molecule has 0 saturated heterocycles. The van der Waals surface area contributed by atoms with Gasteiger partial charge in [0, 0.05) is 11.4 Å². The Hall–Kier alpha value is -2.05. The SMILES string of the molecule is CCc1ccc(NC(=O)c2ccc(NS(C)(=O)=O)cc2Cl)cc1. The second-order valence-corrected chi connectivity index (χ2v) is 7.23. The topological polar surface area (TPSA) is 75.3 Å². The van der Waals surface area contributed by atoms with E-state index in [-0.39, 0.29) is 16.5 Å². The van der Waals surface area contributed by atoms with Crippen molar-refractivity contribution in [1.29, 1.82) is 0 Å². The number of hydrogen-bond acceptors (Lipinski definition) is 3. The average molecular weight is 353 g/mol. The lowest BCUT2D eigenvalue weighted by Gasteiger charge is -2.09. The molecule has 2 aromatic carbocycles. The van der Waals surface area contributed by atoms with E-state index in [2.05, 4.69) is 17.0 Å². The highest BCUT2D eigenvalue weighted by Gasteiger charge is 2.12. The molecule has 2 N–H and O–H groups in total. The fraction of sp³-hybridized carbons (Fsp3) is 0.188. The number of halogens is 1. The van der Waals surface area contributed by atoms with E-state index in [0.717, 1.165) is 12.7 Å². The van der Waals surface area contributed by atoms with E-state index < -0.39 is 10.0 Å². The van der Waals surface area contributed by atoms with Gasteiger partial charge in [-0.1, -0.05) is 30.7 Å². The summed E-state index contributed by atoms with van der Waals surface area (Å²) < 4.78 is 24.7. The molecule has 122 valence electrons. The van der Waals surface area contributed by atoms with Crippen molar-refractivity contribution in [2.45, 2.75) is 13.3 Å². The van der Waals surface area contributed by atoms with Gasteiger partial charge < -0.3 is 5.32 Å². The van der Waals surface area contributed by atoms with Crippen LogP contribution in [-0.4, -0.2) is 20.6 Å². The number of benzene rings is 2. The lowest BCUT2D eigenvalue weighted by molar-refractivity contribution is 0.102. The van der Waals surface area contributed by atoms with E-state index in [0.29, 0.717) is 11.4 Å². The molecule has 0 bridgehead atoms. The van der Waals surface area contributed by atoms with Crippen molar-refractivity contribution >= 4 is 38.9 Å². The number of hydrogen-bond donors (Lipinski definition) is 2. The van der Waals surface area contributed by atoms with Gasteiger partial charge in [-0.3, -0.25) is 9.52 Å². The molecule has 0 aliphatic carbocycles. The lowest BCUT2D eigenvalue weighted by Crippen LogP contribution is -2.13. The second-order valence-electron chi connectivity index (χ2n) is 5.07. The molecule has 23 heavy (non-hydrogen) atoms. The van der Waals surface area contributed by atoms with Crippen molar-refractivity contribution in [3.8, 4) is 0 Å². The third kappa shape index (κ3) is 4.97. The minimum atomic E-state index is -3.39. The van der Waals surface area contributed by atoms with Crippen molar-refractivity contribution in [3.63, 3.8) is 0 Å². The fourth-order valence-electron chi connectivity index (χ4n) is 2.00. The van der Waals surface area contributed by atoms with E-state index in [4.69, 9.17) is 11.6 Å². The maximum atomic E-state index is 12.3. The first kappa shape index (κ1) is 17.3. The highest BCUT2D eigenvalue weighted by molar-refractivity contribution is 7.92. The second kappa shape index (κ2) is 7.02. The molecule has 0 fully saturated rings. The number of carbonyl (C=O) groups excluding carboxylic acids is 1. The van der Waals surface area contributed by atoms with Crippen LogP contribution in [0.2, 0.25) is 5.02 Å². The van der Waals surface area contributed by atoms with Crippen molar-refractivity contribution in [2.24, 2.45) is 0 Å². The quantitative estimate of drug-likeness (QED) is 0.864. The van der Waals surface area contributed by atoms with Gasteiger partial charge in [0.05, 0.1) is 16.8 Å². The Balaban J connectivity index is 2.15. The Kier molecular flexibility index (Phi) is 5.28. The van der Waals surface area contributed by atoms with Crippen molar-refractivity contribution < 1.29 is 13.2 Å². The molecule has 7 heteroatoms. The molecule has 0 heterocycles. The summed E-state index contributed by atoms with van der Waals surface area (Å²) in [6.07, 6.45) is 1.97. The zero-order valence-electron chi connectivity index (χ0n) is 12.8. The largest absolute Gasteiger partial charge is 0.322 e. The molecule has 0 aromatic heterocycles. The first-order valence-corrected chi connectivity index (χ1v) is 9.23. The molecular weight excluding hydrogens is 336 g/mol. The Morgan fingerprint density at radius 2 is 1.70 bits per heavy atom. The Labute approximate surface area is 140 Å². The van der Waals surface area contributed by atoms with E-state index in [9.17, 15) is 13.2 Å². The molecule has 0 atom stereocenters. The molecule has 0 saturated carbocycles. The van der Waals surface area contributed by atoms with Crippen molar-refractivity contribution in [1.82, 2.24) is 0 Å². The molecule has 2 rings (SSSR count). The summed E-state index contributed by atoms with van der Waals surface area (Å²) in [7, 11) is -3.39. The van der Waals surface area contributed by atoms with Crippen LogP contribution in [0.25, 0.3) is 0 Å². The van der Waals surface area contributed by atoms with Crippen molar-refractivity contribution in [3.05, 3.63) is 58.6 Å². The normalized spacial score (nSPS) is 11.1. The summed E-state index contributed by atoms with van der Waals surface area (Å²) in [4.78, 5) is 12.3. The maximum Gasteiger partial charge on any atom is 0.257 e. The van der Waals surface area contributed by atoms with Gasteiger partial charge in [-0.25, -0.2) is 8.42 Å². The predicted molar refractivity (Wildman–Crippen MR) is 93.7 cm³/mol. The molecule has 0 radical (unpaired) electrons. The summed E-state index contributed by atoms with van der Waals surface area (Å²) in [5, 5.41) is 2.92. The standard InChI is InChI=1S/C16H17ClN2O3S/c1-3-11-4-6-12(7-5-11)18-16(20)14-9-8-13(10-15(14)17)19-23(2,21)22/h4-10,19H,3H2,1-2H3,(H,18,20). The molecule has 0 aliphatic rings. The highest BCUT2D eigenvalue weighted by Crippen LogP contribution is 2.23. The molecule has 0 unspecified atom stereocenters. The van der Waals surface area contributed by atoms with Crippen LogP contribution < -0.4 is 10.0 Å². The molecule has 0 aliphatic heterocycles. The van der Waals surface area contributed by atoms with Gasteiger partial charge in [-0.15, -0.1) is 0 Å². The van der Waals surface area contributed by atoms with Crippen LogP contribution in [0.15, 0.2) is 42.5 Å². The molecule has 5 nitrogen and oxygen atoms in total. The zero-order chi connectivity index (χ0) is 17.0. The summed E-state index contributed by atoms with van der Waals surface area (Å²) in [6.45, 7) is 2.06. The van der Waals surface area contributed by atoms with Crippen LogP contribution in [0, 0.1) is 0 Å². The number of rotatable bonds is 5. The summed E-state index contributed by atoms with van der Waals surface area (Å²) in [5.41, 5.74) is 2.42. The van der Waals surface area contributed by atoms with E-state index in [1.54, 1.807) is 0 Å². The van der Waals surface area contributed by atoms with Crippen LogP contribution in [-0.2, 0) is 16.4 Å². The van der Waals surface area contributed by atoms with Gasteiger partial charge in [0.25, 0.3) is 5.91 Å². The third-order valence-electron chi connectivity index (χ3n) is 3.14. The van der Waals surface area contributed by atoms with E-state index in [1.807, 2.05) is 24.3 Å². The Morgan fingerprint density at radius 3 is 2.22 bits per heavy atom.